The summed E-state index contributed by atoms with van der Waals surface area (Å²) in [6, 6.07) is 11.7. The predicted octanol–water partition coefficient (Wildman–Crippen LogP) is 5.03. The molecule has 0 spiro atoms. The highest BCUT2D eigenvalue weighted by Crippen LogP contribution is 2.32. The van der Waals surface area contributed by atoms with Crippen LogP contribution >= 0.6 is 0 Å². The second-order valence-electron chi connectivity index (χ2n) is 6.91. The molecule has 1 amide bonds. The summed E-state index contributed by atoms with van der Waals surface area (Å²) < 4.78 is 10.8. The van der Waals surface area contributed by atoms with Crippen molar-refractivity contribution < 1.29 is 14.3 Å². The number of hydrogen-bond donors (Lipinski definition) is 1. The van der Waals surface area contributed by atoms with E-state index in [0.29, 0.717) is 5.92 Å². The monoisotopic (exact) mass is 367 g/mol. The fourth-order valence-electron chi connectivity index (χ4n) is 3.12. The van der Waals surface area contributed by atoms with Crippen LogP contribution in [-0.4, -0.2) is 20.1 Å². The molecule has 0 saturated carbocycles. The van der Waals surface area contributed by atoms with Crippen molar-refractivity contribution in [2.45, 2.75) is 39.7 Å². The van der Waals surface area contributed by atoms with Crippen LogP contribution in [0.15, 0.2) is 42.5 Å². The molecule has 144 valence electrons. The van der Waals surface area contributed by atoms with Gasteiger partial charge >= 0.3 is 0 Å². The van der Waals surface area contributed by atoms with Crippen LogP contribution in [0.5, 0.6) is 11.5 Å². The molecule has 0 aromatic heterocycles. The van der Waals surface area contributed by atoms with E-state index in [9.17, 15) is 4.79 Å². The van der Waals surface area contributed by atoms with Gasteiger partial charge in [-0.05, 0) is 60.7 Å². The molecule has 4 nitrogen and oxygen atoms in total. The zero-order valence-electron chi connectivity index (χ0n) is 17.0. The van der Waals surface area contributed by atoms with Crippen LogP contribution < -0.4 is 14.8 Å². The molecule has 1 atom stereocenters. The largest absolute Gasteiger partial charge is 0.496 e. The third-order valence-corrected chi connectivity index (χ3v) is 4.62. The Hall–Kier alpha value is -2.75. The summed E-state index contributed by atoms with van der Waals surface area (Å²) in [6.45, 7) is 8.30. The fraction of sp³-hybridized carbons (Fsp3) is 0.348. The van der Waals surface area contributed by atoms with E-state index in [0.717, 1.165) is 33.8 Å². The Bertz CT molecular complexity index is 824. The summed E-state index contributed by atoms with van der Waals surface area (Å²) in [5.41, 5.74) is 4.20. The standard InChI is InChI=1S/C23H29NO3/c1-15(2)19-14-20(16(3)13-22(19)27-6)17(4)24-23(25)12-11-18-9-7-8-10-21(18)26-5/h7-15,17H,1-6H3,(H,24,25)/b12-11+/t17-/m0/s1. The Morgan fingerprint density at radius 3 is 2.30 bits per heavy atom. The van der Waals surface area contributed by atoms with Gasteiger partial charge in [-0.3, -0.25) is 4.79 Å². The normalized spacial score (nSPS) is 12.3. The summed E-state index contributed by atoms with van der Waals surface area (Å²) in [5.74, 6) is 1.82. The number of ether oxygens (including phenoxy) is 2. The summed E-state index contributed by atoms with van der Waals surface area (Å²) >= 11 is 0. The molecule has 1 N–H and O–H groups in total. The van der Waals surface area contributed by atoms with Crippen LogP contribution in [0, 0.1) is 6.92 Å². The van der Waals surface area contributed by atoms with Gasteiger partial charge in [-0.2, -0.15) is 0 Å². The summed E-state index contributed by atoms with van der Waals surface area (Å²) in [6.07, 6.45) is 3.30. The first-order chi connectivity index (χ1) is 12.9. The molecule has 0 aliphatic heterocycles. The Labute approximate surface area is 162 Å². The predicted molar refractivity (Wildman–Crippen MR) is 110 cm³/mol. The number of para-hydroxylation sites is 1. The minimum absolute atomic E-state index is 0.108. The van der Waals surface area contributed by atoms with Gasteiger partial charge in [0.05, 0.1) is 20.3 Å². The van der Waals surface area contributed by atoms with E-state index in [4.69, 9.17) is 9.47 Å². The first-order valence-electron chi connectivity index (χ1n) is 9.17. The Kier molecular flexibility index (Phi) is 7.05. The highest BCUT2D eigenvalue weighted by atomic mass is 16.5. The number of methoxy groups -OCH3 is 2. The van der Waals surface area contributed by atoms with Crippen molar-refractivity contribution in [3.63, 3.8) is 0 Å². The molecule has 0 aliphatic rings. The average Bonchev–Trinajstić information content (AvgIpc) is 2.65. The van der Waals surface area contributed by atoms with Crippen LogP contribution in [0.3, 0.4) is 0 Å². The summed E-state index contributed by atoms with van der Waals surface area (Å²) in [4.78, 5) is 12.4. The van der Waals surface area contributed by atoms with Crippen LogP contribution in [0.2, 0.25) is 0 Å². The van der Waals surface area contributed by atoms with Crippen molar-refractivity contribution in [1.29, 1.82) is 0 Å². The molecule has 0 heterocycles. The molecule has 0 radical (unpaired) electrons. The van der Waals surface area contributed by atoms with Crippen molar-refractivity contribution >= 4 is 12.0 Å². The maximum atomic E-state index is 12.4. The summed E-state index contributed by atoms with van der Waals surface area (Å²) in [5, 5.41) is 3.04. The van der Waals surface area contributed by atoms with Gasteiger partial charge in [-0.25, -0.2) is 0 Å². The lowest BCUT2D eigenvalue weighted by Gasteiger charge is -2.20. The van der Waals surface area contributed by atoms with Crippen molar-refractivity contribution in [2.24, 2.45) is 0 Å². The minimum atomic E-state index is -0.144. The highest BCUT2D eigenvalue weighted by Gasteiger charge is 2.16. The molecule has 27 heavy (non-hydrogen) atoms. The minimum Gasteiger partial charge on any atom is -0.496 e. The zero-order valence-corrected chi connectivity index (χ0v) is 17.0. The Morgan fingerprint density at radius 1 is 1.00 bits per heavy atom. The SMILES string of the molecule is COc1ccccc1/C=C/C(=O)N[C@@H](C)c1cc(C(C)C)c(OC)cc1C. The van der Waals surface area contributed by atoms with Gasteiger partial charge in [-0.1, -0.05) is 32.0 Å². The van der Waals surface area contributed by atoms with Crippen molar-refractivity contribution in [2.75, 3.05) is 14.2 Å². The van der Waals surface area contributed by atoms with Crippen molar-refractivity contribution in [3.05, 3.63) is 64.7 Å². The van der Waals surface area contributed by atoms with E-state index >= 15 is 0 Å². The molecular weight excluding hydrogens is 338 g/mol. The van der Waals surface area contributed by atoms with Gasteiger partial charge < -0.3 is 14.8 Å². The van der Waals surface area contributed by atoms with Crippen LogP contribution in [0.4, 0.5) is 0 Å². The zero-order chi connectivity index (χ0) is 20.0. The second-order valence-corrected chi connectivity index (χ2v) is 6.91. The smallest absolute Gasteiger partial charge is 0.244 e. The number of amides is 1. The van der Waals surface area contributed by atoms with E-state index in [2.05, 4.69) is 25.2 Å². The Morgan fingerprint density at radius 2 is 1.67 bits per heavy atom. The topological polar surface area (TPSA) is 47.6 Å². The number of carbonyl (C=O) groups is 1. The number of nitrogens with one attached hydrogen (secondary N) is 1. The lowest BCUT2D eigenvalue weighted by atomic mass is 9.93. The number of rotatable bonds is 7. The number of hydrogen-bond acceptors (Lipinski definition) is 3. The van der Waals surface area contributed by atoms with Gasteiger partial charge in [0.15, 0.2) is 0 Å². The molecule has 2 aromatic carbocycles. The first-order valence-corrected chi connectivity index (χ1v) is 9.17. The molecule has 0 saturated heterocycles. The van der Waals surface area contributed by atoms with E-state index in [1.54, 1.807) is 20.3 Å². The van der Waals surface area contributed by atoms with Gasteiger partial charge in [0.1, 0.15) is 11.5 Å². The molecular formula is C23H29NO3. The van der Waals surface area contributed by atoms with Crippen molar-refractivity contribution in [3.8, 4) is 11.5 Å². The molecule has 2 rings (SSSR count). The van der Waals surface area contributed by atoms with E-state index in [-0.39, 0.29) is 11.9 Å². The molecule has 0 unspecified atom stereocenters. The summed E-state index contributed by atoms with van der Waals surface area (Å²) in [7, 11) is 3.31. The first kappa shape index (κ1) is 20.6. The van der Waals surface area contributed by atoms with Gasteiger partial charge in [0.25, 0.3) is 0 Å². The fourth-order valence-corrected chi connectivity index (χ4v) is 3.12. The molecule has 0 fully saturated rings. The second kappa shape index (κ2) is 9.26. The molecule has 0 bridgehead atoms. The van der Waals surface area contributed by atoms with E-state index in [1.807, 2.05) is 44.2 Å². The van der Waals surface area contributed by atoms with Crippen LogP contribution in [0.25, 0.3) is 6.08 Å². The van der Waals surface area contributed by atoms with Gasteiger partial charge in [0.2, 0.25) is 5.91 Å². The number of carbonyl (C=O) groups excluding carboxylic acids is 1. The maximum Gasteiger partial charge on any atom is 0.244 e. The lowest BCUT2D eigenvalue weighted by Crippen LogP contribution is -2.25. The van der Waals surface area contributed by atoms with Crippen LogP contribution in [0.1, 0.15) is 55.0 Å². The maximum absolute atomic E-state index is 12.4. The van der Waals surface area contributed by atoms with E-state index in [1.165, 1.54) is 6.08 Å². The number of benzene rings is 2. The molecule has 0 aliphatic carbocycles. The van der Waals surface area contributed by atoms with Crippen LogP contribution in [-0.2, 0) is 4.79 Å². The number of aryl methyl sites for hydroxylation is 1. The van der Waals surface area contributed by atoms with E-state index < -0.39 is 0 Å². The quantitative estimate of drug-likeness (QED) is 0.699. The third kappa shape index (κ3) is 5.13. The van der Waals surface area contributed by atoms with Crippen molar-refractivity contribution in [1.82, 2.24) is 5.32 Å². The lowest BCUT2D eigenvalue weighted by molar-refractivity contribution is -0.117. The third-order valence-electron chi connectivity index (χ3n) is 4.62. The molecule has 4 heteroatoms. The molecule has 2 aromatic rings. The van der Waals surface area contributed by atoms with Gasteiger partial charge in [-0.15, -0.1) is 0 Å². The van der Waals surface area contributed by atoms with Gasteiger partial charge in [0, 0.05) is 11.6 Å². The average molecular weight is 367 g/mol. The Balaban J connectivity index is 2.17. The highest BCUT2D eigenvalue weighted by molar-refractivity contribution is 5.92.